The molecule has 2 amide bonds. The molecule has 2 aromatic heterocycles. The van der Waals surface area contributed by atoms with Crippen molar-refractivity contribution in [2.75, 3.05) is 6.54 Å². The van der Waals surface area contributed by atoms with Crippen molar-refractivity contribution in [3.05, 3.63) is 83.0 Å². The van der Waals surface area contributed by atoms with Gasteiger partial charge in [-0.05, 0) is 23.8 Å². The van der Waals surface area contributed by atoms with Crippen LogP contribution >= 0.6 is 11.6 Å². The zero-order chi connectivity index (χ0) is 21.1. The second-order valence-electron chi connectivity index (χ2n) is 6.74. The first-order valence-corrected chi connectivity index (χ1v) is 9.62. The third-order valence-electron chi connectivity index (χ3n) is 4.59. The second-order valence-corrected chi connectivity index (χ2v) is 7.17. The number of rotatable bonds is 6. The van der Waals surface area contributed by atoms with Crippen molar-refractivity contribution < 1.29 is 9.59 Å². The molecule has 0 saturated carbocycles. The molecule has 150 valence electrons. The molecule has 7 nitrogen and oxygen atoms in total. The van der Waals surface area contributed by atoms with E-state index < -0.39 is 11.8 Å². The minimum atomic E-state index is -0.615. The minimum absolute atomic E-state index is 0.248. The van der Waals surface area contributed by atoms with Gasteiger partial charge in [0.25, 0.3) is 5.91 Å². The molecule has 0 aliphatic rings. The van der Waals surface area contributed by atoms with E-state index in [1.54, 1.807) is 16.9 Å². The molecule has 0 aliphatic carbocycles. The summed E-state index contributed by atoms with van der Waals surface area (Å²) in [6.45, 7) is 0.219. The van der Waals surface area contributed by atoms with Gasteiger partial charge in [-0.2, -0.15) is 5.10 Å². The first-order valence-electron chi connectivity index (χ1n) is 9.24. The van der Waals surface area contributed by atoms with Gasteiger partial charge in [0.1, 0.15) is 0 Å². The summed E-state index contributed by atoms with van der Waals surface area (Å²) >= 11 is 5.97. The highest BCUT2D eigenvalue weighted by atomic mass is 35.5. The van der Waals surface area contributed by atoms with Gasteiger partial charge < -0.3 is 11.1 Å². The number of benzene rings is 2. The Morgan fingerprint density at radius 3 is 2.50 bits per heavy atom. The topological polar surface area (TPSA) is 103 Å². The molecular formula is C22H18ClN5O2. The molecule has 0 saturated heterocycles. The second kappa shape index (κ2) is 8.34. The lowest BCUT2D eigenvalue weighted by atomic mass is 10.1. The van der Waals surface area contributed by atoms with Crippen molar-refractivity contribution in [1.82, 2.24) is 20.1 Å². The van der Waals surface area contributed by atoms with Crippen molar-refractivity contribution in [3.63, 3.8) is 0 Å². The van der Waals surface area contributed by atoms with Gasteiger partial charge in [-0.25, -0.2) is 9.67 Å². The first kappa shape index (κ1) is 19.6. The smallest absolute Gasteiger partial charge is 0.252 e. The van der Waals surface area contributed by atoms with Crippen LogP contribution in [0.25, 0.3) is 22.3 Å². The summed E-state index contributed by atoms with van der Waals surface area (Å²) in [4.78, 5) is 28.6. The number of halogens is 1. The molecule has 4 aromatic rings. The Morgan fingerprint density at radius 1 is 1.07 bits per heavy atom. The number of nitrogens with zero attached hydrogens (tertiary/aromatic N) is 3. The van der Waals surface area contributed by atoms with E-state index in [-0.39, 0.29) is 6.54 Å². The molecule has 0 aliphatic heterocycles. The highest BCUT2D eigenvalue weighted by molar-refractivity contribution is 6.30. The molecule has 0 bridgehead atoms. The zero-order valence-electron chi connectivity index (χ0n) is 15.9. The number of nitrogens with two attached hydrogens (primary N) is 1. The molecule has 0 atom stereocenters. The summed E-state index contributed by atoms with van der Waals surface area (Å²) in [5.41, 5.74) is 8.59. The van der Waals surface area contributed by atoms with Gasteiger partial charge in [0.05, 0.1) is 35.9 Å². The van der Waals surface area contributed by atoms with E-state index >= 15 is 0 Å². The number of carbonyl (C=O) groups excluding carboxylic acids is 2. The van der Waals surface area contributed by atoms with Gasteiger partial charge >= 0.3 is 0 Å². The molecule has 0 fully saturated rings. The number of fused-ring (bicyclic) bond motifs is 1. The van der Waals surface area contributed by atoms with Crippen LogP contribution in [0.4, 0.5) is 0 Å². The lowest BCUT2D eigenvalue weighted by molar-refractivity contribution is -0.117. The van der Waals surface area contributed by atoms with E-state index in [1.165, 1.54) is 0 Å². The molecule has 4 rings (SSSR count). The molecule has 2 heterocycles. The Balaban J connectivity index is 1.81. The highest BCUT2D eigenvalue weighted by Gasteiger charge is 2.18. The molecule has 8 heteroatoms. The molecular weight excluding hydrogens is 402 g/mol. The van der Waals surface area contributed by atoms with E-state index in [0.717, 1.165) is 11.1 Å². The van der Waals surface area contributed by atoms with Crippen molar-refractivity contribution in [1.29, 1.82) is 0 Å². The van der Waals surface area contributed by atoms with E-state index in [9.17, 15) is 9.59 Å². The molecule has 2 aromatic carbocycles. The maximum atomic E-state index is 12.8. The van der Waals surface area contributed by atoms with Crippen molar-refractivity contribution >= 4 is 34.4 Å². The van der Waals surface area contributed by atoms with Crippen LogP contribution in [0.1, 0.15) is 15.9 Å². The third-order valence-corrected chi connectivity index (χ3v) is 4.84. The van der Waals surface area contributed by atoms with E-state index in [2.05, 4.69) is 10.4 Å². The van der Waals surface area contributed by atoms with Crippen LogP contribution in [0.3, 0.4) is 0 Å². The summed E-state index contributed by atoms with van der Waals surface area (Å²) < 4.78 is 1.73. The van der Waals surface area contributed by atoms with Crippen LogP contribution in [0.5, 0.6) is 0 Å². The molecule has 0 unspecified atom stereocenters. The van der Waals surface area contributed by atoms with E-state index in [4.69, 9.17) is 22.3 Å². The monoisotopic (exact) mass is 419 g/mol. The number of pyridine rings is 1. The van der Waals surface area contributed by atoms with Crippen molar-refractivity contribution in [3.8, 4) is 11.3 Å². The van der Waals surface area contributed by atoms with Gasteiger partial charge in [-0.15, -0.1) is 0 Å². The Hall–Kier alpha value is -3.71. The molecule has 0 spiro atoms. The van der Waals surface area contributed by atoms with Gasteiger partial charge in [-0.3, -0.25) is 9.59 Å². The van der Waals surface area contributed by atoms with E-state index in [1.807, 2.05) is 54.6 Å². The van der Waals surface area contributed by atoms with Crippen LogP contribution in [0.2, 0.25) is 5.02 Å². The predicted octanol–water partition coefficient (Wildman–Crippen LogP) is 3.02. The highest BCUT2D eigenvalue weighted by Crippen LogP contribution is 2.25. The van der Waals surface area contributed by atoms with Gasteiger partial charge in [0.2, 0.25) is 5.91 Å². The van der Waals surface area contributed by atoms with Gasteiger partial charge in [-0.1, -0.05) is 54.1 Å². The maximum Gasteiger partial charge on any atom is 0.252 e. The Kier molecular flexibility index (Phi) is 5.45. The minimum Gasteiger partial charge on any atom is -0.368 e. The molecule has 0 radical (unpaired) electrons. The number of aromatic nitrogens is 3. The standard InChI is InChI=1S/C22H18ClN5O2/c23-16-8-6-14(7-9-16)13-28-21-18(11-26-28)17(22(30)25-12-20(24)29)10-19(27-21)15-4-2-1-3-5-15/h1-11H,12-13H2,(H2,24,29)(H,25,30). The number of amides is 2. The fraction of sp³-hybridized carbons (Fsp3) is 0.0909. The molecule has 30 heavy (non-hydrogen) atoms. The summed E-state index contributed by atoms with van der Waals surface area (Å²) in [6, 6.07) is 18.7. The van der Waals surface area contributed by atoms with Gasteiger partial charge in [0.15, 0.2) is 5.65 Å². The van der Waals surface area contributed by atoms with Crippen molar-refractivity contribution in [2.45, 2.75) is 6.54 Å². The number of hydrogen-bond donors (Lipinski definition) is 2. The number of carbonyl (C=O) groups is 2. The third kappa shape index (κ3) is 4.16. The lowest BCUT2D eigenvalue weighted by Crippen LogP contribution is -2.33. The summed E-state index contributed by atoms with van der Waals surface area (Å²) in [7, 11) is 0. The SMILES string of the molecule is NC(=O)CNC(=O)c1cc(-c2ccccc2)nc2c1cnn2Cc1ccc(Cl)cc1. The maximum absolute atomic E-state index is 12.8. The Morgan fingerprint density at radius 2 is 1.80 bits per heavy atom. The molecule has 3 N–H and O–H groups in total. The van der Waals surface area contributed by atoms with E-state index in [0.29, 0.717) is 33.9 Å². The number of primary amides is 1. The van der Waals surface area contributed by atoms with Crippen LogP contribution < -0.4 is 11.1 Å². The number of nitrogens with one attached hydrogen (secondary N) is 1. The lowest BCUT2D eigenvalue weighted by Gasteiger charge is -2.09. The van der Waals surface area contributed by atoms with Crippen LogP contribution in [0, 0.1) is 0 Å². The number of hydrogen-bond acceptors (Lipinski definition) is 4. The summed E-state index contributed by atoms with van der Waals surface area (Å²) in [5, 5.41) is 8.22. The quantitative estimate of drug-likeness (QED) is 0.501. The first-order chi connectivity index (χ1) is 14.5. The van der Waals surface area contributed by atoms with Crippen molar-refractivity contribution in [2.24, 2.45) is 5.73 Å². The largest absolute Gasteiger partial charge is 0.368 e. The van der Waals surface area contributed by atoms with Crippen LogP contribution in [0.15, 0.2) is 66.9 Å². The fourth-order valence-corrected chi connectivity index (χ4v) is 3.26. The van der Waals surface area contributed by atoms with Gasteiger partial charge in [0, 0.05) is 10.6 Å². The summed E-state index contributed by atoms with van der Waals surface area (Å²) in [5.74, 6) is -1.03. The van der Waals surface area contributed by atoms with Crippen LogP contribution in [-0.2, 0) is 11.3 Å². The summed E-state index contributed by atoms with van der Waals surface area (Å²) in [6.07, 6.45) is 1.60. The Bertz CT molecular complexity index is 1220. The van der Waals surface area contributed by atoms with Crippen LogP contribution in [-0.4, -0.2) is 33.1 Å². The fourth-order valence-electron chi connectivity index (χ4n) is 3.13. The average molecular weight is 420 g/mol. The zero-order valence-corrected chi connectivity index (χ0v) is 16.6. The predicted molar refractivity (Wildman–Crippen MR) is 115 cm³/mol. The normalized spacial score (nSPS) is 10.8. The average Bonchev–Trinajstić information content (AvgIpc) is 3.16. The Labute approximate surface area is 177 Å².